The summed E-state index contributed by atoms with van der Waals surface area (Å²) in [7, 11) is 1.52. The first-order valence-electron chi connectivity index (χ1n) is 5.42. The maximum atomic E-state index is 11.5. The Hall–Kier alpha value is -2.56. The maximum Gasteiger partial charge on any atom is 0.271 e. The highest BCUT2D eigenvalue weighted by atomic mass is 16.5. The van der Waals surface area contributed by atoms with Crippen molar-refractivity contribution < 1.29 is 9.53 Å². The van der Waals surface area contributed by atoms with Crippen molar-refractivity contribution in [3.05, 3.63) is 48.3 Å². The van der Waals surface area contributed by atoms with E-state index in [1.807, 2.05) is 18.2 Å². The predicted molar refractivity (Wildman–Crippen MR) is 68.6 cm³/mol. The largest absolute Gasteiger partial charge is 0.455 e. The number of anilines is 1. The van der Waals surface area contributed by atoms with Gasteiger partial charge in [-0.25, -0.2) is 4.98 Å². The fraction of sp³-hybridized carbons (Fsp3) is 0.0769. The van der Waals surface area contributed by atoms with E-state index in [0.29, 0.717) is 11.5 Å². The molecule has 1 heterocycles. The highest BCUT2D eigenvalue weighted by Crippen LogP contribution is 2.28. The Morgan fingerprint density at radius 2 is 2.00 bits per heavy atom. The second kappa shape index (κ2) is 5.18. The lowest BCUT2D eigenvalue weighted by atomic mass is 10.2. The van der Waals surface area contributed by atoms with Crippen LogP contribution in [0, 0.1) is 0 Å². The van der Waals surface area contributed by atoms with Gasteiger partial charge in [-0.3, -0.25) is 4.79 Å². The topological polar surface area (TPSA) is 77.2 Å². The first-order chi connectivity index (χ1) is 8.72. The Balaban J connectivity index is 2.32. The lowest BCUT2D eigenvalue weighted by Gasteiger charge is -2.10. The Morgan fingerprint density at radius 1 is 1.28 bits per heavy atom. The van der Waals surface area contributed by atoms with Gasteiger partial charge >= 0.3 is 0 Å². The van der Waals surface area contributed by atoms with Crippen LogP contribution < -0.4 is 15.8 Å². The molecule has 0 fully saturated rings. The summed E-state index contributed by atoms with van der Waals surface area (Å²) in [6.45, 7) is 0. The zero-order valence-corrected chi connectivity index (χ0v) is 9.88. The number of nitrogens with two attached hydrogens (primary N) is 1. The van der Waals surface area contributed by atoms with Crippen molar-refractivity contribution in [3.8, 4) is 11.5 Å². The Morgan fingerprint density at radius 3 is 2.67 bits per heavy atom. The highest BCUT2D eigenvalue weighted by Gasteiger charge is 2.14. The van der Waals surface area contributed by atoms with E-state index >= 15 is 0 Å². The van der Waals surface area contributed by atoms with Crippen molar-refractivity contribution in [2.24, 2.45) is 0 Å². The van der Waals surface area contributed by atoms with Crippen molar-refractivity contribution in [1.82, 2.24) is 10.3 Å². The van der Waals surface area contributed by atoms with Crippen LogP contribution in [0.1, 0.15) is 10.5 Å². The van der Waals surface area contributed by atoms with Crippen LogP contribution in [0.2, 0.25) is 0 Å². The molecule has 92 valence electrons. The average molecular weight is 243 g/mol. The zero-order chi connectivity index (χ0) is 13.0. The van der Waals surface area contributed by atoms with Gasteiger partial charge in [-0.1, -0.05) is 18.2 Å². The summed E-state index contributed by atoms with van der Waals surface area (Å²) >= 11 is 0. The number of rotatable bonds is 3. The first-order valence-corrected chi connectivity index (χ1v) is 5.42. The summed E-state index contributed by atoms with van der Waals surface area (Å²) in [4.78, 5) is 15.5. The standard InChI is InChI=1S/C13H13N3O2/c1-15-13(17)12-11(14)10(7-8-16-12)18-9-5-3-2-4-6-9/h2-8H,14H2,1H3,(H,15,17). The van der Waals surface area contributed by atoms with E-state index in [-0.39, 0.29) is 17.3 Å². The average Bonchev–Trinajstić information content (AvgIpc) is 2.41. The van der Waals surface area contributed by atoms with Crippen LogP contribution in [0.15, 0.2) is 42.6 Å². The van der Waals surface area contributed by atoms with Crippen LogP contribution in [0.3, 0.4) is 0 Å². The number of nitrogens with zero attached hydrogens (tertiary/aromatic N) is 1. The molecule has 0 spiro atoms. The Kier molecular flexibility index (Phi) is 3.43. The normalized spacial score (nSPS) is 9.83. The zero-order valence-electron chi connectivity index (χ0n) is 9.88. The highest BCUT2D eigenvalue weighted by molar-refractivity contribution is 5.98. The molecule has 18 heavy (non-hydrogen) atoms. The molecule has 3 N–H and O–H groups in total. The third-order valence-corrected chi connectivity index (χ3v) is 2.36. The van der Waals surface area contributed by atoms with E-state index in [9.17, 15) is 4.79 Å². The molecule has 5 heteroatoms. The van der Waals surface area contributed by atoms with E-state index in [1.165, 1.54) is 13.2 Å². The van der Waals surface area contributed by atoms with E-state index in [1.54, 1.807) is 18.2 Å². The Bertz CT molecular complexity index is 555. The van der Waals surface area contributed by atoms with Crippen LogP contribution in [0.25, 0.3) is 0 Å². The van der Waals surface area contributed by atoms with Crippen molar-refractivity contribution in [3.63, 3.8) is 0 Å². The number of hydrogen-bond donors (Lipinski definition) is 2. The monoisotopic (exact) mass is 243 g/mol. The summed E-state index contributed by atoms with van der Waals surface area (Å²) in [6.07, 6.45) is 1.49. The number of hydrogen-bond acceptors (Lipinski definition) is 4. The van der Waals surface area contributed by atoms with Gasteiger partial charge in [0.1, 0.15) is 11.4 Å². The van der Waals surface area contributed by atoms with Gasteiger partial charge in [0.15, 0.2) is 11.4 Å². The molecule has 5 nitrogen and oxygen atoms in total. The molecule has 2 rings (SSSR count). The van der Waals surface area contributed by atoms with Crippen molar-refractivity contribution in [1.29, 1.82) is 0 Å². The van der Waals surface area contributed by atoms with E-state index in [4.69, 9.17) is 10.5 Å². The summed E-state index contributed by atoms with van der Waals surface area (Å²) in [5, 5.41) is 2.48. The van der Waals surface area contributed by atoms with Crippen LogP contribution >= 0.6 is 0 Å². The minimum Gasteiger partial charge on any atom is -0.455 e. The van der Waals surface area contributed by atoms with E-state index < -0.39 is 0 Å². The summed E-state index contributed by atoms with van der Waals surface area (Å²) < 4.78 is 5.60. The molecule has 0 aliphatic rings. The molecule has 0 saturated heterocycles. The molecule has 2 aromatic rings. The van der Waals surface area contributed by atoms with Gasteiger partial charge in [0.05, 0.1) is 0 Å². The SMILES string of the molecule is CNC(=O)c1nccc(Oc2ccccc2)c1N. The number of nitrogen functional groups attached to an aromatic ring is 1. The quantitative estimate of drug-likeness (QED) is 0.862. The number of pyridine rings is 1. The van der Waals surface area contributed by atoms with Crippen molar-refractivity contribution in [2.75, 3.05) is 12.8 Å². The van der Waals surface area contributed by atoms with Crippen molar-refractivity contribution >= 4 is 11.6 Å². The molecule has 1 amide bonds. The fourth-order valence-electron chi connectivity index (χ4n) is 1.46. The number of carbonyl (C=O) groups excluding carboxylic acids is 1. The second-order valence-corrected chi connectivity index (χ2v) is 3.57. The molecular formula is C13H13N3O2. The molecule has 0 bridgehead atoms. The van der Waals surface area contributed by atoms with Gasteiger partial charge in [0.2, 0.25) is 0 Å². The molecular weight excluding hydrogens is 230 g/mol. The van der Waals surface area contributed by atoms with Crippen LogP contribution in [-0.2, 0) is 0 Å². The molecule has 0 unspecified atom stereocenters. The lowest BCUT2D eigenvalue weighted by molar-refractivity contribution is 0.0959. The number of benzene rings is 1. The number of ether oxygens (including phenoxy) is 1. The minimum atomic E-state index is -0.342. The number of amides is 1. The van der Waals surface area contributed by atoms with Crippen LogP contribution in [0.5, 0.6) is 11.5 Å². The third-order valence-electron chi connectivity index (χ3n) is 2.36. The van der Waals surface area contributed by atoms with Crippen LogP contribution in [-0.4, -0.2) is 17.9 Å². The number of aromatic nitrogens is 1. The molecule has 1 aromatic heterocycles. The van der Waals surface area contributed by atoms with E-state index in [2.05, 4.69) is 10.3 Å². The van der Waals surface area contributed by atoms with Crippen LogP contribution in [0.4, 0.5) is 5.69 Å². The molecule has 0 saturated carbocycles. The second-order valence-electron chi connectivity index (χ2n) is 3.57. The number of carbonyl (C=O) groups is 1. The molecule has 0 radical (unpaired) electrons. The maximum absolute atomic E-state index is 11.5. The van der Waals surface area contributed by atoms with Gasteiger partial charge in [0.25, 0.3) is 5.91 Å². The summed E-state index contributed by atoms with van der Waals surface area (Å²) in [6, 6.07) is 10.8. The Labute approximate surface area is 105 Å². The van der Waals surface area contributed by atoms with Crippen molar-refractivity contribution in [2.45, 2.75) is 0 Å². The summed E-state index contributed by atoms with van der Waals surface area (Å²) in [5.74, 6) is 0.721. The molecule has 0 aliphatic heterocycles. The molecule has 1 aromatic carbocycles. The van der Waals surface area contributed by atoms with E-state index in [0.717, 1.165) is 0 Å². The number of nitrogens with one attached hydrogen (secondary N) is 1. The van der Waals surface area contributed by atoms with Gasteiger partial charge in [-0.15, -0.1) is 0 Å². The molecule has 0 atom stereocenters. The lowest BCUT2D eigenvalue weighted by Crippen LogP contribution is -2.21. The van der Waals surface area contributed by atoms with Gasteiger partial charge in [-0.2, -0.15) is 0 Å². The summed E-state index contributed by atoms with van der Waals surface area (Å²) in [5.41, 5.74) is 6.24. The fourth-order valence-corrected chi connectivity index (χ4v) is 1.46. The first kappa shape index (κ1) is 11.9. The minimum absolute atomic E-state index is 0.158. The third kappa shape index (κ3) is 2.40. The van der Waals surface area contributed by atoms with Gasteiger partial charge in [-0.05, 0) is 12.1 Å². The molecule has 0 aliphatic carbocycles. The number of para-hydroxylation sites is 1. The van der Waals surface area contributed by atoms with Gasteiger partial charge < -0.3 is 15.8 Å². The predicted octanol–water partition coefficient (Wildman–Crippen LogP) is 1.82. The van der Waals surface area contributed by atoms with Gasteiger partial charge in [0, 0.05) is 19.3 Å². The smallest absolute Gasteiger partial charge is 0.271 e.